The number of pyridine rings is 1. The van der Waals surface area contributed by atoms with Crippen LogP contribution < -0.4 is 10.7 Å². The standard InChI is InChI=1S/C22H15BrF2N2O4/c23-16-8-5-13(9-17(16)25)26-21(29)15-10-27(14-6-7-14)19(22(30)31)18(20(15)28)11-1-3-12(24)4-2-11/h1-5,8-10,14H,6-7H2,(H,26,29)(H,30,31). The van der Waals surface area contributed by atoms with Crippen LogP contribution in [0.4, 0.5) is 14.5 Å². The molecule has 1 aliphatic rings. The minimum atomic E-state index is -1.33. The van der Waals surface area contributed by atoms with Crippen molar-refractivity contribution in [3.05, 3.63) is 86.2 Å². The number of nitrogens with one attached hydrogen (secondary N) is 1. The van der Waals surface area contributed by atoms with Crippen LogP contribution in [0.3, 0.4) is 0 Å². The number of rotatable bonds is 5. The van der Waals surface area contributed by atoms with Gasteiger partial charge in [-0.15, -0.1) is 0 Å². The SMILES string of the molecule is O=C(Nc1ccc(Br)c(F)c1)c1cn(C2CC2)c(C(=O)O)c(-c2ccc(F)cc2)c1=O. The monoisotopic (exact) mass is 488 g/mol. The van der Waals surface area contributed by atoms with Crippen LogP contribution in [-0.4, -0.2) is 21.6 Å². The molecule has 6 nitrogen and oxygen atoms in total. The van der Waals surface area contributed by atoms with Gasteiger partial charge in [0.25, 0.3) is 5.91 Å². The maximum absolute atomic E-state index is 13.8. The van der Waals surface area contributed by atoms with Crippen molar-refractivity contribution in [3.8, 4) is 11.1 Å². The Labute approximate surface area is 183 Å². The summed E-state index contributed by atoms with van der Waals surface area (Å²) in [4.78, 5) is 38.1. The highest BCUT2D eigenvalue weighted by atomic mass is 79.9. The van der Waals surface area contributed by atoms with Gasteiger partial charge < -0.3 is 15.0 Å². The van der Waals surface area contributed by atoms with Gasteiger partial charge in [-0.1, -0.05) is 12.1 Å². The summed E-state index contributed by atoms with van der Waals surface area (Å²) in [5, 5.41) is 12.3. The van der Waals surface area contributed by atoms with E-state index in [0.29, 0.717) is 12.8 Å². The molecule has 1 fully saturated rings. The fraction of sp³-hybridized carbons (Fsp3) is 0.136. The van der Waals surface area contributed by atoms with Gasteiger partial charge in [-0.25, -0.2) is 13.6 Å². The second-order valence-electron chi connectivity index (χ2n) is 7.13. The molecule has 0 spiro atoms. The summed E-state index contributed by atoms with van der Waals surface area (Å²) in [7, 11) is 0. The summed E-state index contributed by atoms with van der Waals surface area (Å²) in [5.41, 5.74) is -1.24. The molecule has 0 atom stereocenters. The predicted molar refractivity (Wildman–Crippen MR) is 113 cm³/mol. The van der Waals surface area contributed by atoms with E-state index >= 15 is 0 Å². The molecule has 158 valence electrons. The summed E-state index contributed by atoms with van der Waals surface area (Å²) in [5.74, 6) is -3.28. The zero-order chi connectivity index (χ0) is 22.3. The molecule has 9 heteroatoms. The Bertz CT molecular complexity index is 1270. The van der Waals surface area contributed by atoms with Gasteiger partial charge in [0.1, 0.15) is 22.9 Å². The van der Waals surface area contributed by atoms with Gasteiger partial charge in [-0.3, -0.25) is 9.59 Å². The fourth-order valence-electron chi connectivity index (χ4n) is 3.31. The number of anilines is 1. The molecule has 31 heavy (non-hydrogen) atoms. The smallest absolute Gasteiger partial charge is 0.353 e. The molecule has 4 rings (SSSR count). The van der Waals surface area contributed by atoms with E-state index in [-0.39, 0.29) is 38.6 Å². The van der Waals surface area contributed by atoms with E-state index in [1.54, 1.807) is 0 Å². The van der Waals surface area contributed by atoms with Crippen molar-refractivity contribution in [2.24, 2.45) is 0 Å². The number of halogens is 3. The lowest BCUT2D eigenvalue weighted by atomic mass is 10.00. The molecule has 3 aromatic rings. The highest BCUT2D eigenvalue weighted by Crippen LogP contribution is 2.37. The molecule has 1 aromatic heterocycles. The van der Waals surface area contributed by atoms with Crippen molar-refractivity contribution in [1.82, 2.24) is 4.57 Å². The molecule has 2 aromatic carbocycles. The molecule has 0 unspecified atom stereocenters. The second kappa shape index (κ2) is 8.07. The number of carboxylic acid groups (broad SMARTS) is 1. The van der Waals surface area contributed by atoms with Crippen molar-refractivity contribution in [3.63, 3.8) is 0 Å². The zero-order valence-corrected chi connectivity index (χ0v) is 17.4. The predicted octanol–water partition coefficient (Wildman–Crippen LogP) is 4.84. The number of nitrogens with zero attached hydrogens (tertiary/aromatic N) is 1. The first-order chi connectivity index (χ1) is 14.8. The van der Waals surface area contributed by atoms with Crippen LogP contribution in [-0.2, 0) is 0 Å². The topological polar surface area (TPSA) is 88.4 Å². The average molecular weight is 489 g/mol. The van der Waals surface area contributed by atoms with Gasteiger partial charge >= 0.3 is 5.97 Å². The van der Waals surface area contributed by atoms with E-state index in [2.05, 4.69) is 21.2 Å². The van der Waals surface area contributed by atoms with E-state index in [1.807, 2.05) is 0 Å². The second-order valence-corrected chi connectivity index (χ2v) is 7.98. The van der Waals surface area contributed by atoms with Gasteiger partial charge in [-0.2, -0.15) is 0 Å². The third-order valence-corrected chi connectivity index (χ3v) is 5.58. The number of hydrogen-bond donors (Lipinski definition) is 2. The third-order valence-electron chi connectivity index (χ3n) is 4.93. The van der Waals surface area contributed by atoms with Gasteiger partial charge in [0.05, 0.1) is 10.0 Å². The summed E-state index contributed by atoms with van der Waals surface area (Å²) in [6.07, 6.45) is 2.62. The minimum Gasteiger partial charge on any atom is -0.477 e. The lowest BCUT2D eigenvalue weighted by molar-refractivity contribution is 0.0684. The maximum atomic E-state index is 13.8. The molecule has 0 saturated heterocycles. The molecule has 0 bridgehead atoms. The molecule has 0 aliphatic heterocycles. The quantitative estimate of drug-likeness (QED) is 0.537. The molecule has 1 saturated carbocycles. The maximum Gasteiger partial charge on any atom is 0.353 e. The van der Waals surface area contributed by atoms with Crippen LogP contribution in [0.5, 0.6) is 0 Å². The van der Waals surface area contributed by atoms with Gasteiger partial charge in [0.15, 0.2) is 0 Å². The van der Waals surface area contributed by atoms with Crippen LogP contribution in [0.1, 0.15) is 39.7 Å². The number of amides is 1. The lowest BCUT2D eigenvalue weighted by Crippen LogP contribution is -2.28. The Morgan fingerprint density at radius 3 is 2.35 bits per heavy atom. The number of carbonyl (C=O) groups is 2. The number of aromatic carboxylic acids is 1. The summed E-state index contributed by atoms with van der Waals surface area (Å²) >= 11 is 3.02. The Morgan fingerprint density at radius 2 is 1.77 bits per heavy atom. The Hall–Kier alpha value is -3.33. The fourth-order valence-corrected chi connectivity index (χ4v) is 3.56. The molecular weight excluding hydrogens is 474 g/mol. The number of aromatic nitrogens is 1. The molecule has 1 heterocycles. The molecular formula is C22H15BrF2N2O4. The Balaban J connectivity index is 1.87. The normalized spacial score (nSPS) is 13.1. The first-order valence-corrected chi connectivity index (χ1v) is 10.1. The molecule has 1 aliphatic carbocycles. The van der Waals surface area contributed by atoms with E-state index in [0.717, 1.165) is 18.2 Å². The average Bonchev–Trinajstić information content (AvgIpc) is 3.56. The van der Waals surface area contributed by atoms with Gasteiger partial charge in [0, 0.05) is 17.9 Å². The first kappa shape index (κ1) is 20.9. The zero-order valence-electron chi connectivity index (χ0n) is 15.9. The van der Waals surface area contributed by atoms with Gasteiger partial charge in [0.2, 0.25) is 5.43 Å². The highest BCUT2D eigenvalue weighted by molar-refractivity contribution is 9.10. The van der Waals surface area contributed by atoms with E-state index < -0.39 is 28.9 Å². The minimum absolute atomic E-state index is 0.133. The summed E-state index contributed by atoms with van der Waals surface area (Å²) in [6, 6.07) is 8.60. The van der Waals surface area contributed by atoms with Gasteiger partial charge in [-0.05, 0) is 64.7 Å². The molecule has 2 N–H and O–H groups in total. The third kappa shape index (κ3) is 4.13. The lowest BCUT2D eigenvalue weighted by Gasteiger charge is -2.17. The molecule has 0 radical (unpaired) electrons. The van der Waals surface area contributed by atoms with E-state index in [1.165, 1.54) is 35.0 Å². The number of carboxylic acids is 1. The Morgan fingerprint density at radius 1 is 1.10 bits per heavy atom. The summed E-state index contributed by atoms with van der Waals surface area (Å²) in [6.45, 7) is 0. The van der Waals surface area contributed by atoms with Crippen LogP contribution in [0, 0.1) is 11.6 Å². The van der Waals surface area contributed by atoms with Crippen LogP contribution in [0.2, 0.25) is 0 Å². The number of benzene rings is 2. The van der Waals surface area contributed by atoms with Crippen molar-refractivity contribution in [2.45, 2.75) is 18.9 Å². The van der Waals surface area contributed by atoms with Crippen LogP contribution >= 0.6 is 15.9 Å². The van der Waals surface area contributed by atoms with Crippen molar-refractivity contribution >= 4 is 33.5 Å². The number of carbonyl (C=O) groups excluding carboxylic acids is 1. The largest absolute Gasteiger partial charge is 0.477 e. The summed E-state index contributed by atoms with van der Waals surface area (Å²) < 4.78 is 28.8. The molecule has 1 amide bonds. The highest BCUT2D eigenvalue weighted by Gasteiger charge is 2.32. The van der Waals surface area contributed by atoms with Crippen LogP contribution in [0.25, 0.3) is 11.1 Å². The van der Waals surface area contributed by atoms with Crippen molar-refractivity contribution < 1.29 is 23.5 Å². The van der Waals surface area contributed by atoms with Crippen LogP contribution in [0.15, 0.2) is 57.9 Å². The van der Waals surface area contributed by atoms with Crippen molar-refractivity contribution in [2.75, 3.05) is 5.32 Å². The number of hydrogen-bond acceptors (Lipinski definition) is 3. The van der Waals surface area contributed by atoms with Crippen molar-refractivity contribution in [1.29, 1.82) is 0 Å². The van der Waals surface area contributed by atoms with E-state index in [9.17, 15) is 28.3 Å². The first-order valence-electron chi connectivity index (χ1n) is 9.31. The van der Waals surface area contributed by atoms with E-state index in [4.69, 9.17) is 0 Å². The Kier molecular flexibility index (Phi) is 5.45.